The first kappa shape index (κ1) is 21.5. The topological polar surface area (TPSA) is 69.8 Å². The second-order valence-electron chi connectivity index (χ2n) is 8.14. The number of pyridine rings is 1. The molecule has 0 aromatic carbocycles. The number of aromatic nitrogens is 5. The van der Waals surface area contributed by atoms with Crippen LogP contribution >= 0.6 is 11.6 Å². The smallest absolute Gasteiger partial charge is 0.175 e. The van der Waals surface area contributed by atoms with Gasteiger partial charge in [0.1, 0.15) is 17.7 Å². The number of halogens is 2. The van der Waals surface area contributed by atoms with Crippen LogP contribution in [0, 0.1) is 12.7 Å². The molecule has 0 saturated carbocycles. The normalized spacial score (nSPS) is 11.8. The molecular weight excluding hydrogens is 411 g/mol. The summed E-state index contributed by atoms with van der Waals surface area (Å²) in [6, 6.07) is 4.30. The molecule has 156 valence electrons. The molecule has 1 N–H and O–H groups in total. The summed E-state index contributed by atoms with van der Waals surface area (Å²) in [6.45, 7) is 9.71. The van der Waals surface area contributed by atoms with Gasteiger partial charge in [0.2, 0.25) is 0 Å². The van der Waals surface area contributed by atoms with Gasteiger partial charge in [0.05, 0.1) is 18.1 Å². The monoisotopic (exact) mass is 436 g/mol. The summed E-state index contributed by atoms with van der Waals surface area (Å²) in [7, 11) is 0.599. The van der Waals surface area contributed by atoms with E-state index in [1.54, 1.807) is 34.9 Å². The van der Waals surface area contributed by atoms with Crippen molar-refractivity contribution in [1.82, 2.24) is 24.5 Å². The molecule has 0 aliphatic rings. The third kappa shape index (κ3) is 5.23. The second kappa shape index (κ2) is 8.64. The Morgan fingerprint density at radius 3 is 2.69 bits per heavy atom. The number of ether oxygens (including phenoxy) is 1. The molecule has 29 heavy (non-hydrogen) atoms. The fraction of sp³-hybridized carbons (Fsp3) is 0.421. The van der Waals surface area contributed by atoms with E-state index in [4.69, 9.17) is 16.3 Å². The van der Waals surface area contributed by atoms with E-state index in [1.807, 2.05) is 6.92 Å². The molecule has 0 bridgehead atoms. The minimum absolute atomic E-state index is 0.0250. The maximum absolute atomic E-state index is 15.3. The van der Waals surface area contributed by atoms with Crippen molar-refractivity contribution < 1.29 is 9.13 Å². The maximum Gasteiger partial charge on any atom is 0.175 e. The van der Waals surface area contributed by atoms with E-state index in [0.29, 0.717) is 23.7 Å². The van der Waals surface area contributed by atoms with Gasteiger partial charge >= 0.3 is 0 Å². The van der Waals surface area contributed by atoms with Crippen molar-refractivity contribution in [2.24, 2.45) is 7.05 Å². The maximum atomic E-state index is 15.3. The van der Waals surface area contributed by atoms with Crippen LogP contribution in [0.3, 0.4) is 0 Å². The lowest BCUT2D eigenvalue weighted by Crippen LogP contribution is -2.22. The van der Waals surface area contributed by atoms with Crippen LogP contribution < -0.4 is 5.32 Å². The summed E-state index contributed by atoms with van der Waals surface area (Å²) in [5, 5.41) is 11.6. The quantitative estimate of drug-likeness (QED) is 0.311. The Hall–Kier alpha value is -2.23. The molecule has 3 aromatic heterocycles. The van der Waals surface area contributed by atoms with Gasteiger partial charge in [0.15, 0.2) is 11.6 Å². The van der Waals surface area contributed by atoms with Crippen molar-refractivity contribution in [3.05, 3.63) is 41.1 Å². The first-order valence-electron chi connectivity index (χ1n) is 9.37. The molecule has 0 fully saturated rings. The highest BCUT2D eigenvalue weighted by atomic mass is 35.5. The van der Waals surface area contributed by atoms with Gasteiger partial charge in [0, 0.05) is 33.4 Å². The van der Waals surface area contributed by atoms with Crippen LogP contribution in [0.4, 0.5) is 16.0 Å². The van der Waals surface area contributed by atoms with E-state index in [-0.39, 0.29) is 17.7 Å². The summed E-state index contributed by atoms with van der Waals surface area (Å²) < 4.78 is 24.2. The molecule has 0 amide bonds. The third-order valence-electron chi connectivity index (χ3n) is 4.48. The number of rotatable bonds is 8. The van der Waals surface area contributed by atoms with E-state index in [2.05, 4.69) is 40.1 Å². The molecule has 0 aliphatic carbocycles. The Kier molecular flexibility index (Phi) is 6.40. The number of aryl methyl sites for hydroxylation is 2. The van der Waals surface area contributed by atoms with E-state index < -0.39 is 13.9 Å². The number of hydrogen-bond acceptors (Lipinski definition) is 5. The molecule has 3 heterocycles. The van der Waals surface area contributed by atoms with Crippen molar-refractivity contribution >= 4 is 31.3 Å². The summed E-state index contributed by atoms with van der Waals surface area (Å²) in [6.07, 6.45) is 3.31. The Morgan fingerprint density at radius 1 is 1.28 bits per heavy atom. The highest BCUT2D eigenvalue weighted by molar-refractivity contribution is 6.76. The Labute approximate surface area is 175 Å². The van der Waals surface area contributed by atoms with E-state index >= 15 is 4.39 Å². The zero-order valence-electron chi connectivity index (χ0n) is 17.3. The van der Waals surface area contributed by atoms with Crippen molar-refractivity contribution in [3.8, 4) is 11.3 Å². The van der Waals surface area contributed by atoms with Gasteiger partial charge in [-0.15, -0.1) is 0 Å². The SMILES string of the molecule is Cc1cnn(C)c1-c1cc(Cl)nc(Nc2ccnn2COCC[Si](C)(C)C)c1F. The number of nitrogens with zero attached hydrogens (tertiary/aromatic N) is 5. The van der Waals surface area contributed by atoms with Crippen LogP contribution in [0.2, 0.25) is 30.8 Å². The first-order valence-corrected chi connectivity index (χ1v) is 13.5. The van der Waals surface area contributed by atoms with Crippen LogP contribution in [-0.2, 0) is 18.5 Å². The number of nitrogens with one attached hydrogen (secondary N) is 1. The van der Waals surface area contributed by atoms with Crippen LogP contribution in [-0.4, -0.2) is 39.2 Å². The Bertz CT molecular complexity index is 978. The van der Waals surface area contributed by atoms with Gasteiger partial charge in [-0.3, -0.25) is 4.68 Å². The molecular formula is C19H26ClFN6OSi. The fourth-order valence-electron chi connectivity index (χ4n) is 2.88. The van der Waals surface area contributed by atoms with Crippen molar-refractivity contribution in [2.75, 3.05) is 11.9 Å². The molecule has 0 unspecified atom stereocenters. The molecule has 0 aliphatic heterocycles. The van der Waals surface area contributed by atoms with E-state index in [1.165, 1.54) is 6.07 Å². The standard InChI is InChI=1S/C19H26ClFN6OSi/c1-13-11-23-26(2)18(13)14-10-15(20)24-19(17(14)21)25-16-6-7-22-27(16)12-28-8-9-29(3,4)5/h6-7,10-11H,8-9,12H2,1-5H3,(H,24,25). The molecule has 0 spiro atoms. The third-order valence-corrected chi connectivity index (χ3v) is 6.37. The van der Waals surface area contributed by atoms with Crippen LogP contribution in [0.1, 0.15) is 5.56 Å². The second-order valence-corrected chi connectivity index (χ2v) is 14.2. The lowest BCUT2D eigenvalue weighted by Gasteiger charge is -2.16. The van der Waals surface area contributed by atoms with Gasteiger partial charge in [-0.25, -0.2) is 14.1 Å². The zero-order chi connectivity index (χ0) is 21.2. The predicted octanol–water partition coefficient (Wildman–Crippen LogP) is 4.84. The minimum Gasteiger partial charge on any atom is -0.359 e. The molecule has 7 nitrogen and oxygen atoms in total. The largest absolute Gasteiger partial charge is 0.359 e. The summed E-state index contributed by atoms with van der Waals surface area (Å²) >= 11 is 6.18. The van der Waals surface area contributed by atoms with Gasteiger partial charge < -0.3 is 10.1 Å². The molecule has 3 rings (SSSR count). The van der Waals surface area contributed by atoms with Crippen LogP contribution in [0.5, 0.6) is 0 Å². The number of hydrogen-bond donors (Lipinski definition) is 1. The summed E-state index contributed by atoms with van der Waals surface area (Å²) in [4.78, 5) is 4.12. The van der Waals surface area contributed by atoms with Crippen molar-refractivity contribution in [1.29, 1.82) is 0 Å². The summed E-state index contributed by atoms with van der Waals surface area (Å²) in [5.41, 5.74) is 1.83. The molecule has 0 atom stereocenters. The zero-order valence-corrected chi connectivity index (χ0v) is 19.1. The molecule has 0 saturated heterocycles. The average molecular weight is 437 g/mol. The van der Waals surface area contributed by atoms with Gasteiger partial charge in [-0.1, -0.05) is 31.2 Å². The van der Waals surface area contributed by atoms with Gasteiger partial charge in [0.25, 0.3) is 0 Å². The molecule has 10 heteroatoms. The first-order chi connectivity index (χ1) is 13.7. The van der Waals surface area contributed by atoms with E-state index in [0.717, 1.165) is 11.6 Å². The van der Waals surface area contributed by atoms with Crippen LogP contribution in [0.15, 0.2) is 24.5 Å². The lowest BCUT2D eigenvalue weighted by molar-refractivity contribution is 0.0801. The Morgan fingerprint density at radius 2 is 2.03 bits per heavy atom. The highest BCUT2D eigenvalue weighted by Crippen LogP contribution is 2.32. The lowest BCUT2D eigenvalue weighted by atomic mass is 10.1. The molecule has 0 radical (unpaired) electrons. The van der Waals surface area contributed by atoms with Gasteiger partial charge in [-0.05, 0) is 24.6 Å². The fourth-order valence-corrected chi connectivity index (χ4v) is 3.83. The summed E-state index contributed by atoms with van der Waals surface area (Å²) in [5.74, 6) is 0.0878. The average Bonchev–Trinajstić information content (AvgIpc) is 3.20. The molecule has 3 aromatic rings. The number of anilines is 2. The van der Waals surface area contributed by atoms with Crippen molar-refractivity contribution in [3.63, 3.8) is 0 Å². The minimum atomic E-state index is -1.16. The predicted molar refractivity (Wildman–Crippen MR) is 116 cm³/mol. The highest BCUT2D eigenvalue weighted by Gasteiger charge is 2.19. The van der Waals surface area contributed by atoms with E-state index in [9.17, 15) is 0 Å². The van der Waals surface area contributed by atoms with Crippen LogP contribution in [0.25, 0.3) is 11.3 Å². The van der Waals surface area contributed by atoms with Crippen molar-refractivity contribution in [2.45, 2.75) is 39.3 Å². The Balaban J connectivity index is 1.81. The van der Waals surface area contributed by atoms with Gasteiger partial charge in [-0.2, -0.15) is 10.2 Å².